The molecule has 1 aliphatic heterocycles. The number of hydrogen-bond donors (Lipinski definition) is 1. The number of hydrogen-bond acceptors (Lipinski definition) is 6. The van der Waals surface area contributed by atoms with Crippen molar-refractivity contribution in [2.24, 2.45) is 0 Å². The van der Waals surface area contributed by atoms with Crippen molar-refractivity contribution in [2.75, 3.05) is 11.9 Å². The first-order valence-electron chi connectivity index (χ1n) is 10.1. The molecule has 0 unspecified atom stereocenters. The van der Waals surface area contributed by atoms with Crippen LogP contribution in [0, 0.1) is 0 Å². The molecule has 1 aliphatic carbocycles. The summed E-state index contributed by atoms with van der Waals surface area (Å²) in [4.78, 5) is 23.9. The molecule has 168 valence electrons. The molecule has 0 atom stereocenters. The van der Waals surface area contributed by atoms with Crippen molar-refractivity contribution in [3.63, 3.8) is 0 Å². The standard InChI is InChI=1S/C23H21F2NO6/c24-22(25)30-17-7-3-15(4-8-17)5-10-21(28)29-14-20(27)26-16-6-9-18-19(13-16)32-23(31-18)11-1-2-12-23/h3-10,13,22H,1-2,11-12,14H2,(H,26,27)/b10-5+. The number of amides is 1. The van der Waals surface area contributed by atoms with Crippen LogP contribution in [0.2, 0.25) is 0 Å². The van der Waals surface area contributed by atoms with Gasteiger partial charge in [0, 0.05) is 30.7 Å². The van der Waals surface area contributed by atoms with Gasteiger partial charge in [-0.05, 0) is 48.7 Å². The number of benzene rings is 2. The molecule has 32 heavy (non-hydrogen) atoms. The summed E-state index contributed by atoms with van der Waals surface area (Å²) in [5.74, 6) is -0.567. The van der Waals surface area contributed by atoms with Crippen LogP contribution in [0.15, 0.2) is 48.5 Å². The lowest BCUT2D eigenvalue weighted by molar-refractivity contribution is -0.142. The molecule has 1 fully saturated rings. The third-order valence-corrected chi connectivity index (χ3v) is 5.05. The fraction of sp³-hybridized carbons (Fsp3) is 0.304. The SMILES string of the molecule is O=C(COC(=O)/C=C/c1ccc(OC(F)F)cc1)Nc1ccc2c(c1)OC1(CCCC1)O2. The number of alkyl halides is 2. The monoisotopic (exact) mass is 445 g/mol. The van der Waals surface area contributed by atoms with Gasteiger partial charge in [-0.15, -0.1) is 0 Å². The van der Waals surface area contributed by atoms with Gasteiger partial charge in [0.1, 0.15) is 5.75 Å². The molecular weight excluding hydrogens is 424 g/mol. The summed E-state index contributed by atoms with van der Waals surface area (Å²) in [5.41, 5.74) is 1.08. The first-order chi connectivity index (χ1) is 15.4. The molecule has 2 aromatic carbocycles. The van der Waals surface area contributed by atoms with Gasteiger partial charge < -0.3 is 24.3 Å². The van der Waals surface area contributed by atoms with Crippen molar-refractivity contribution in [3.8, 4) is 17.2 Å². The Morgan fingerprint density at radius 1 is 1.06 bits per heavy atom. The number of anilines is 1. The van der Waals surface area contributed by atoms with Gasteiger partial charge in [-0.3, -0.25) is 4.79 Å². The minimum Gasteiger partial charge on any atom is -0.452 e. The van der Waals surface area contributed by atoms with E-state index in [1.54, 1.807) is 18.2 Å². The van der Waals surface area contributed by atoms with Crippen LogP contribution in [-0.4, -0.2) is 30.9 Å². The molecule has 1 N–H and O–H groups in total. The van der Waals surface area contributed by atoms with Crippen LogP contribution in [0.4, 0.5) is 14.5 Å². The Kier molecular flexibility index (Phi) is 6.25. The predicted molar refractivity (Wildman–Crippen MR) is 111 cm³/mol. The van der Waals surface area contributed by atoms with Gasteiger partial charge in [-0.2, -0.15) is 8.78 Å². The molecule has 1 amide bonds. The molecule has 2 aliphatic rings. The van der Waals surface area contributed by atoms with Crippen molar-refractivity contribution in [1.29, 1.82) is 0 Å². The fourth-order valence-electron chi connectivity index (χ4n) is 3.60. The molecule has 9 heteroatoms. The Hall–Kier alpha value is -3.62. The Labute approximate surface area is 182 Å². The maximum Gasteiger partial charge on any atom is 0.387 e. The summed E-state index contributed by atoms with van der Waals surface area (Å²) < 4.78 is 45.3. The van der Waals surface area contributed by atoms with Crippen LogP contribution >= 0.6 is 0 Å². The second-order valence-corrected chi connectivity index (χ2v) is 7.42. The van der Waals surface area contributed by atoms with E-state index in [2.05, 4.69) is 10.1 Å². The van der Waals surface area contributed by atoms with E-state index in [9.17, 15) is 18.4 Å². The molecular formula is C23H21F2NO6. The zero-order valence-electron chi connectivity index (χ0n) is 17.0. The molecule has 1 spiro atoms. The number of ether oxygens (including phenoxy) is 4. The predicted octanol–water partition coefficient (Wildman–Crippen LogP) is 4.52. The van der Waals surface area contributed by atoms with Gasteiger partial charge in [0.05, 0.1) is 0 Å². The van der Waals surface area contributed by atoms with Gasteiger partial charge in [-0.1, -0.05) is 12.1 Å². The summed E-state index contributed by atoms with van der Waals surface area (Å²) in [6, 6.07) is 10.8. The van der Waals surface area contributed by atoms with Crippen molar-refractivity contribution < 1.29 is 37.3 Å². The van der Waals surface area contributed by atoms with Gasteiger partial charge >= 0.3 is 12.6 Å². The first-order valence-corrected chi connectivity index (χ1v) is 10.1. The van der Waals surface area contributed by atoms with Crippen molar-refractivity contribution in [1.82, 2.24) is 0 Å². The van der Waals surface area contributed by atoms with E-state index >= 15 is 0 Å². The van der Waals surface area contributed by atoms with Gasteiger partial charge in [0.2, 0.25) is 0 Å². The smallest absolute Gasteiger partial charge is 0.387 e. The maximum absolute atomic E-state index is 12.1. The van der Waals surface area contributed by atoms with E-state index < -0.39 is 30.9 Å². The molecule has 2 aromatic rings. The zero-order valence-corrected chi connectivity index (χ0v) is 17.0. The van der Waals surface area contributed by atoms with Crippen LogP contribution in [-0.2, 0) is 14.3 Å². The lowest BCUT2D eigenvalue weighted by Crippen LogP contribution is -2.34. The molecule has 0 aromatic heterocycles. The van der Waals surface area contributed by atoms with Crippen LogP contribution in [0.25, 0.3) is 6.08 Å². The second kappa shape index (κ2) is 9.25. The van der Waals surface area contributed by atoms with Crippen LogP contribution in [0.5, 0.6) is 17.2 Å². The summed E-state index contributed by atoms with van der Waals surface area (Å²) in [6.45, 7) is -3.37. The summed E-state index contributed by atoms with van der Waals surface area (Å²) in [7, 11) is 0. The summed E-state index contributed by atoms with van der Waals surface area (Å²) in [5, 5.41) is 2.65. The summed E-state index contributed by atoms with van der Waals surface area (Å²) in [6.07, 6.45) is 6.34. The summed E-state index contributed by atoms with van der Waals surface area (Å²) >= 11 is 0. The number of carbonyl (C=O) groups is 2. The fourth-order valence-corrected chi connectivity index (χ4v) is 3.60. The highest BCUT2D eigenvalue weighted by Gasteiger charge is 2.44. The van der Waals surface area contributed by atoms with Gasteiger partial charge in [0.25, 0.3) is 11.7 Å². The van der Waals surface area contributed by atoms with Gasteiger partial charge in [-0.25, -0.2) is 4.79 Å². The van der Waals surface area contributed by atoms with Crippen molar-refractivity contribution >= 4 is 23.6 Å². The topological polar surface area (TPSA) is 83.1 Å². The van der Waals surface area contributed by atoms with Crippen molar-refractivity contribution in [2.45, 2.75) is 38.1 Å². The quantitative estimate of drug-likeness (QED) is 0.498. The highest BCUT2D eigenvalue weighted by Crippen LogP contribution is 2.47. The van der Waals surface area contributed by atoms with E-state index in [4.69, 9.17) is 14.2 Å². The minimum atomic E-state index is -2.90. The number of fused-ring (bicyclic) bond motifs is 1. The second-order valence-electron chi connectivity index (χ2n) is 7.42. The molecule has 0 radical (unpaired) electrons. The van der Waals surface area contributed by atoms with E-state index in [-0.39, 0.29) is 5.75 Å². The normalized spacial score (nSPS) is 16.0. The van der Waals surface area contributed by atoms with Crippen molar-refractivity contribution in [3.05, 3.63) is 54.1 Å². The molecule has 0 bridgehead atoms. The Morgan fingerprint density at radius 2 is 1.78 bits per heavy atom. The Bertz CT molecular complexity index is 1020. The van der Waals surface area contributed by atoms with Crippen LogP contribution < -0.4 is 19.5 Å². The van der Waals surface area contributed by atoms with Gasteiger partial charge in [0.15, 0.2) is 18.1 Å². The molecule has 7 nitrogen and oxygen atoms in total. The highest BCUT2D eigenvalue weighted by molar-refractivity contribution is 5.94. The lowest BCUT2D eigenvalue weighted by Gasteiger charge is -2.21. The Balaban J connectivity index is 1.24. The minimum absolute atomic E-state index is 0.0123. The van der Waals surface area contributed by atoms with E-state index in [0.717, 1.165) is 31.8 Å². The lowest BCUT2D eigenvalue weighted by atomic mass is 10.2. The maximum atomic E-state index is 12.1. The van der Waals surface area contributed by atoms with E-state index in [1.165, 1.54) is 30.3 Å². The van der Waals surface area contributed by atoms with E-state index in [1.807, 2.05) is 0 Å². The number of esters is 1. The number of carbonyl (C=O) groups excluding carboxylic acids is 2. The zero-order chi connectivity index (χ0) is 22.6. The third-order valence-electron chi connectivity index (χ3n) is 5.05. The number of rotatable bonds is 7. The van der Waals surface area contributed by atoms with Crippen LogP contribution in [0.3, 0.4) is 0 Å². The molecule has 1 heterocycles. The average Bonchev–Trinajstić information content (AvgIpc) is 3.36. The third kappa shape index (κ3) is 5.35. The molecule has 1 saturated carbocycles. The van der Waals surface area contributed by atoms with E-state index in [0.29, 0.717) is 22.7 Å². The Morgan fingerprint density at radius 3 is 2.50 bits per heavy atom. The number of nitrogens with one attached hydrogen (secondary N) is 1. The highest BCUT2D eigenvalue weighted by atomic mass is 19.3. The first kappa shape index (κ1) is 21.6. The van der Waals surface area contributed by atoms with Crippen LogP contribution in [0.1, 0.15) is 31.2 Å². The molecule has 0 saturated heterocycles. The number of halogens is 2. The average molecular weight is 445 g/mol. The molecule has 4 rings (SSSR count). The largest absolute Gasteiger partial charge is 0.452 e.